The molecule has 0 bridgehead atoms. The minimum atomic E-state index is -0.703. The number of nitrogens with zero attached hydrogens (tertiary/aromatic N) is 1. The Labute approximate surface area is 109 Å². The molecule has 0 spiro atoms. The van der Waals surface area contributed by atoms with Gasteiger partial charge in [0.15, 0.2) is 0 Å². The lowest BCUT2D eigenvalue weighted by Crippen LogP contribution is -2.61. The Morgan fingerprint density at radius 2 is 2.12 bits per heavy atom. The monoisotopic (exact) mass is 331 g/mol. The zero-order valence-corrected chi connectivity index (χ0v) is 11.5. The standard InChI is InChI=1S/C12H14INO2/c1-8-9(4-3-5-10(8)13)11(15)14-6-12(2,16)7-14/h3-5,16H,6-7H2,1-2H3. The van der Waals surface area contributed by atoms with Crippen LogP contribution in [0.1, 0.15) is 22.8 Å². The third-order valence-corrected chi connectivity index (χ3v) is 4.02. The van der Waals surface area contributed by atoms with Crippen molar-refractivity contribution in [3.05, 3.63) is 32.9 Å². The van der Waals surface area contributed by atoms with Crippen LogP contribution in [0.5, 0.6) is 0 Å². The Balaban J connectivity index is 2.20. The minimum absolute atomic E-state index is 0.0162. The molecule has 0 atom stereocenters. The summed E-state index contributed by atoms with van der Waals surface area (Å²) >= 11 is 2.22. The van der Waals surface area contributed by atoms with Crippen LogP contribution in [0.25, 0.3) is 0 Å². The van der Waals surface area contributed by atoms with Crippen LogP contribution >= 0.6 is 22.6 Å². The highest BCUT2D eigenvalue weighted by Crippen LogP contribution is 2.24. The van der Waals surface area contributed by atoms with Crippen LogP contribution < -0.4 is 0 Å². The van der Waals surface area contributed by atoms with Crippen LogP contribution in [-0.2, 0) is 0 Å². The number of hydrogen-bond acceptors (Lipinski definition) is 2. The quantitative estimate of drug-likeness (QED) is 0.798. The van der Waals surface area contributed by atoms with Gasteiger partial charge in [0, 0.05) is 9.13 Å². The van der Waals surface area contributed by atoms with E-state index in [0.29, 0.717) is 13.1 Å². The van der Waals surface area contributed by atoms with Crippen LogP contribution in [0.4, 0.5) is 0 Å². The Bertz CT molecular complexity index is 435. The second-order valence-electron chi connectivity index (χ2n) is 4.57. The zero-order chi connectivity index (χ0) is 11.9. The summed E-state index contributed by atoms with van der Waals surface area (Å²) in [6.45, 7) is 4.55. The van der Waals surface area contributed by atoms with Crippen molar-refractivity contribution >= 4 is 28.5 Å². The number of β-amino-alcohol motifs (C(OH)–C–C–N with tert-alkyl or cyclic N) is 1. The lowest BCUT2D eigenvalue weighted by atomic mass is 9.95. The lowest BCUT2D eigenvalue weighted by molar-refractivity contribution is -0.0669. The van der Waals surface area contributed by atoms with Gasteiger partial charge in [0.2, 0.25) is 0 Å². The van der Waals surface area contributed by atoms with E-state index in [9.17, 15) is 9.90 Å². The van der Waals surface area contributed by atoms with Crippen molar-refractivity contribution in [2.24, 2.45) is 0 Å². The summed E-state index contributed by atoms with van der Waals surface area (Å²) in [5.74, 6) is 0.0162. The van der Waals surface area contributed by atoms with Gasteiger partial charge in [-0.25, -0.2) is 0 Å². The van der Waals surface area contributed by atoms with Gasteiger partial charge in [-0.2, -0.15) is 0 Å². The fraction of sp³-hybridized carbons (Fsp3) is 0.417. The van der Waals surface area contributed by atoms with Crippen molar-refractivity contribution in [2.45, 2.75) is 19.4 Å². The number of halogens is 1. The first-order valence-electron chi connectivity index (χ1n) is 5.17. The Kier molecular flexibility index (Phi) is 2.96. The summed E-state index contributed by atoms with van der Waals surface area (Å²) in [6.07, 6.45) is 0. The topological polar surface area (TPSA) is 40.5 Å². The van der Waals surface area contributed by atoms with Gasteiger partial charge in [0.1, 0.15) is 0 Å². The molecule has 1 aromatic carbocycles. The first-order valence-corrected chi connectivity index (χ1v) is 6.25. The van der Waals surface area contributed by atoms with Gasteiger partial charge in [-0.3, -0.25) is 4.79 Å². The van der Waals surface area contributed by atoms with Crippen molar-refractivity contribution in [3.63, 3.8) is 0 Å². The summed E-state index contributed by atoms with van der Waals surface area (Å²) in [4.78, 5) is 13.8. The summed E-state index contributed by atoms with van der Waals surface area (Å²) in [6, 6.07) is 5.71. The maximum atomic E-state index is 12.1. The van der Waals surface area contributed by atoms with Crippen molar-refractivity contribution in [3.8, 4) is 0 Å². The third-order valence-electron chi connectivity index (χ3n) is 2.85. The molecule has 1 amide bonds. The van der Waals surface area contributed by atoms with Crippen molar-refractivity contribution in [1.82, 2.24) is 4.90 Å². The number of hydrogen-bond donors (Lipinski definition) is 1. The Morgan fingerprint density at radius 3 is 2.69 bits per heavy atom. The summed E-state index contributed by atoms with van der Waals surface area (Å²) in [5, 5.41) is 9.61. The highest BCUT2D eigenvalue weighted by Gasteiger charge is 2.39. The van der Waals surface area contributed by atoms with E-state index >= 15 is 0 Å². The number of benzene rings is 1. The van der Waals surface area contributed by atoms with Crippen molar-refractivity contribution in [1.29, 1.82) is 0 Å². The summed E-state index contributed by atoms with van der Waals surface area (Å²) in [7, 11) is 0. The molecule has 1 aliphatic rings. The second kappa shape index (κ2) is 4.00. The SMILES string of the molecule is Cc1c(I)cccc1C(=O)N1CC(C)(O)C1. The fourth-order valence-corrected chi connectivity index (χ4v) is 2.43. The first kappa shape index (κ1) is 11.9. The van der Waals surface area contributed by atoms with Gasteiger partial charge < -0.3 is 10.0 Å². The molecule has 1 aromatic rings. The molecule has 0 radical (unpaired) electrons. The predicted octanol–water partition coefficient (Wildman–Crippen LogP) is 1.81. The molecular weight excluding hydrogens is 317 g/mol. The number of rotatable bonds is 1. The summed E-state index contributed by atoms with van der Waals surface area (Å²) < 4.78 is 1.09. The van der Waals surface area contributed by atoms with Crippen LogP contribution in [0, 0.1) is 10.5 Å². The smallest absolute Gasteiger partial charge is 0.254 e. The Morgan fingerprint density at radius 1 is 1.50 bits per heavy atom. The minimum Gasteiger partial charge on any atom is -0.386 e. The molecule has 0 aliphatic carbocycles. The highest BCUT2D eigenvalue weighted by atomic mass is 127. The number of amides is 1. The van der Waals surface area contributed by atoms with E-state index in [1.165, 1.54) is 0 Å². The largest absolute Gasteiger partial charge is 0.386 e. The molecule has 16 heavy (non-hydrogen) atoms. The molecule has 1 fully saturated rings. The van der Waals surface area contributed by atoms with Crippen LogP contribution in [0.3, 0.4) is 0 Å². The first-order chi connectivity index (χ1) is 7.41. The molecule has 1 N–H and O–H groups in total. The van der Waals surface area contributed by atoms with Crippen LogP contribution in [0.2, 0.25) is 0 Å². The van der Waals surface area contributed by atoms with Crippen molar-refractivity contribution < 1.29 is 9.90 Å². The van der Waals surface area contributed by atoms with Crippen LogP contribution in [0.15, 0.2) is 18.2 Å². The predicted molar refractivity (Wildman–Crippen MR) is 70.4 cm³/mol. The van der Waals surface area contributed by atoms with E-state index in [1.807, 2.05) is 25.1 Å². The third kappa shape index (κ3) is 2.08. The molecular formula is C12H14INO2. The molecule has 0 saturated carbocycles. The van der Waals surface area contributed by atoms with Crippen LogP contribution in [-0.4, -0.2) is 34.6 Å². The van der Waals surface area contributed by atoms with Gasteiger partial charge in [-0.15, -0.1) is 0 Å². The maximum Gasteiger partial charge on any atom is 0.254 e. The van der Waals surface area contributed by atoms with Gasteiger partial charge in [0.25, 0.3) is 5.91 Å². The zero-order valence-electron chi connectivity index (χ0n) is 9.33. The van der Waals surface area contributed by atoms with Crippen molar-refractivity contribution in [2.75, 3.05) is 13.1 Å². The molecule has 0 aromatic heterocycles. The van der Waals surface area contributed by atoms with Gasteiger partial charge in [-0.05, 0) is 54.1 Å². The molecule has 1 aliphatic heterocycles. The van der Waals surface area contributed by atoms with E-state index in [1.54, 1.807) is 11.8 Å². The van der Waals surface area contributed by atoms with Gasteiger partial charge in [0.05, 0.1) is 18.7 Å². The van der Waals surface area contributed by atoms with E-state index in [0.717, 1.165) is 14.7 Å². The average Bonchev–Trinajstić information content (AvgIpc) is 2.17. The van der Waals surface area contributed by atoms with E-state index in [4.69, 9.17) is 0 Å². The molecule has 1 heterocycles. The Hall–Kier alpha value is -0.620. The van der Waals surface area contributed by atoms with Gasteiger partial charge >= 0.3 is 0 Å². The number of carbonyl (C=O) groups excluding carboxylic acids is 1. The van der Waals surface area contributed by atoms with E-state index in [-0.39, 0.29) is 5.91 Å². The molecule has 3 nitrogen and oxygen atoms in total. The molecule has 2 rings (SSSR count). The lowest BCUT2D eigenvalue weighted by Gasteiger charge is -2.44. The molecule has 4 heteroatoms. The van der Waals surface area contributed by atoms with Gasteiger partial charge in [-0.1, -0.05) is 6.07 Å². The fourth-order valence-electron chi connectivity index (χ4n) is 1.93. The number of carbonyl (C=O) groups is 1. The van der Waals surface area contributed by atoms with E-state index in [2.05, 4.69) is 22.6 Å². The second-order valence-corrected chi connectivity index (χ2v) is 5.73. The molecule has 0 unspecified atom stereocenters. The number of aliphatic hydroxyl groups is 1. The highest BCUT2D eigenvalue weighted by molar-refractivity contribution is 14.1. The summed E-state index contributed by atoms with van der Waals surface area (Å²) in [5.41, 5.74) is 1.05. The number of likely N-dealkylation sites (tertiary alicyclic amines) is 1. The average molecular weight is 331 g/mol. The van der Waals surface area contributed by atoms with E-state index < -0.39 is 5.60 Å². The maximum absolute atomic E-state index is 12.1. The molecule has 1 saturated heterocycles. The molecule has 86 valence electrons. The normalized spacial score (nSPS) is 18.1.